The van der Waals surface area contributed by atoms with E-state index in [9.17, 15) is 4.79 Å². The highest BCUT2D eigenvalue weighted by atomic mass is 16.3. The van der Waals surface area contributed by atoms with Gasteiger partial charge < -0.3 is 15.3 Å². The van der Waals surface area contributed by atoms with Crippen molar-refractivity contribution in [2.24, 2.45) is 5.92 Å². The average molecular weight is 323 g/mol. The van der Waals surface area contributed by atoms with Crippen molar-refractivity contribution in [3.05, 3.63) is 11.9 Å². The zero-order valence-electron chi connectivity index (χ0n) is 14.5. The van der Waals surface area contributed by atoms with E-state index in [-0.39, 0.29) is 12.6 Å². The second-order valence-corrected chi connectivity index (χ2v) is 6.42. The number of rotatable bonds is 6. The standard InChI is InChI=1S/C16H29N5O2/c1-4-15-14(11-17-21(15)12-13(2)3)18-16(23)20-7-5-19(6-8-20)9-10-22/h11,13,22H,4-10,12H2,1-3H3,(H,18,23). The van der Waals surface area contributed by atoms with Gasteiger partial charge >= 0.3 is 6.03 Å². The van der Waals surface area contributed by atoms with Crippen LogP contribution in [-0.4, -0.2) is 70.0 Å². The van der Waals surface area contributed by atoms with Crippen LogP contribution in [0.25, 0.3) is 0 Å². The number of amides is 2. The summed E-state index contributed by atoms with van der Waals surface area (Å²) in [6.07, 6.45) is 2.59. The molecule has 0 atom stereocenters. The quantitative estimate of drug-likeness (QED) is 0.826. The Bertz CT molecular complexity index is 507. The third-order valence-corrected chi connectivity index (χ3v) is 4.14. The minimum Gasteiger partial charge on any atom is -0.395 e. The lowest BCUT2D eigenvalue weighted by molar-refractivity contribution is 0.127. The molecule has 1 fully saturated rings. The molecule has 130 valence electrons. The monoisotopic (exact) mass is 323 g/mol. The Morgan fingerprint density at radius 1 is 1.35 bits per heavy atom. The Morgan fingerprint density at radius 3 is 2.61 bits per heavy atom. The molecule has 2 heterocycles. The summed E-state index contributed by atoms with van der Waals surface area (Å²) in [7, 11) is 0. The predicted octanol–water partition coefficient (Wildman–Crippen LogP) is 1.24. The smallest absolute Gasteiger partial charge is 0.322 e. The van der Waals surface area contributed by atoms with E-state index in [1.54, 1.807) is 6.20 Å². The second kappa shape index (κ2) is 8.31. The highest BCUT2D eigenvalue weighted by Gasteiger charge is 2.22. The Morgan fingerprint density at radius 2 is 2.04 bits per heavy atom. The van der Waals surface area contributed by atoms with Crippen molar-refractivity contribution in [3.8, 4) is 0 Å². The Labute approximate surface area is 138 Å². The van der Waals surface area contributed by atoms with Gasteiger partial charge in [0.05, 0.1) is 24.2 Å². The van der Waals surface area contributed by atoms with E-state index in [1.165, 1.54) is 0 Å². The number of anilines is 1. The molecule has 2 amide bonds. The van der Waals surface area contributed by atoms with Crippen LogP contribution in [0, 0.1) is 5.92 Å². The molecule has 0 spiro atoms. The number of nitrogens with zero attached hydrogens (tertiary/aromatic N) is 4. The first-order chi connectivity index (χ1) is 11.0. The molecule has 0 aromatic carbocycles. The molecule has 1 saturated heterocycles. The zero-order valence-corrected chi connectivity index (χ0v) is 14.5. The first-order valence-corrected chi connectivity index (χ1v) is 8.49. The molecule has 0 unspecified atom stereocenters. The van der Waals surface area contributed by atoms with Crippen LogP contribution in [0.2, 0.25) is 0 Å². The van der Waals surface area contributed by atoms with Crippen molar-refractivity contribution in [1.82, 2.24) is 19.6 Å². The molecular formula is C16H29N5O2. The van der Waals surface area contributed by atoms with Crippen molar-refractivity contribution in [3.63, 3.8) is 0 Å². The van der Waals surface area contributed by atoms with Gasteiger partial charge in [0.25, 0.3) is 0 Å². The summed E-state index contributed by atoms with van der Waals surface area (Å²) in [4.78, 5) is 16.4. The van der Waals surface area contributed by atoms with Crippen molar-refractivity contribution in [2.75, 3.05) is 44.6 Å². The lowest BCUT2D eigenvalue weighted by Crippen LogP contribution is -2.50. The third kappa shape index (κ3) is 4.68. The van der Waals surface area contributed by atoms with E-state index >= 15 is 0 Å². The predicted molar refractivity (Wildman–Crippen MR) is 90.6 cm³/mol. The van der Waals surface area contributed by atoms with Crippen molar-refractivity contribution in [2.45, 2.75) is 33.7 Å². The van der Waals surface area contributed by atoms with E-state index in [4.69, 9.17) is 5.11 Å². The molecule has 2 rings (SSSR count). The Hall–Kier alpha value is -1.60. The first-order valence-electron chi connectivity index (χ1n) is 8.49. The summed E-state index contributed by atoms with van der Waals surface area (Å²) in [6, 6.07) is -0.0626. The van der Waals surface area contributed by atoms with E-state index in [2.05, 4.69) is 36.1 Å². The number of aromatic nitrogens is 2. The average Bonchev–Trinajstić information content (AvgIpc) is 2.89. The minimum atomic E-state index is -0.0626. The summed E-state index contributed by atoms with van der Waals surface area (Å²) in [5.74, 6) is 0.517. The number of carbonyl (C=O) groups is 1. The summed E-state index contributed by atoms with van der Waals surface area (Å²) in [5.41, 5.74) is 1.89. The number of β-amino-alcohol motifs (C(OH)–C–C–N with tert-alkyl or cyclic N) is 1. The topological polar surface area (TPSA) is 73.6 Å². The maximum Gasteiger partial charge on any atom is 0.322 e. The molecule has 23 heavy (non-hydrogen) atoms. The molecule has 1 aromatic rings. The summed E-state index contributed by atoms with van der Waals surface area (Å²) in [5, 5.41) is 16.4. The lowest BCUT2D eigenvalue weighted by Gasteiger charge is -2.34. The Kier molecular flexibility index (Phi) is 6.41. The number of hydrogen-bond donors (Lipinski definition) is 2. The molecule has 0 radical (unpaired) electrons. The molecular weight excluding hydrogens is 294 g/mol. The van der Waals surface area contributed by atoms with E-state index in [0.29, 0.717) is 25.6 Å². The molecule has 0 aliphatic carbocycles. The van der Waals surface area contributed by atoms with Crippen molar-refractivity contribution in [1.29, 1.82) is 0 Å². The summed E-state index contributed by atoms with van der Waals surface area (Å²) < 4.78 is 1.99. The Balaban J connectivity index is 1.94. The van der Waals surface area contributed by atoms with Gasteiger partial charge in [0, 0.05) is 39.3 Å². The van der Waals surface area contributed by atoms with Crippen molar-refractivity contribution < 1.29 is 9.90 Å². The number of aliphatic hydroxyl groups excluding tert-OH is 1. The fraction of sp³-hybridized carbons (Fsp3) is 0.750. The highest BCUT2D eigenvalue weighted by Crippen LogP contribution is 2.18. The normalized spacial score (nSPS) is 16.1. The lowest BCUT2D eigenvalue weighted by atomic mass is 10.2. The fourth-order valence-corrected chi connectivity index (χ4v) is 2.90. The molecule has 1 aliphatic rings. The van der Waals surface area contributed by atoms with Crippen LogP contribution in [0.3, 0.4) is 0 Å². The van der Waals surface area contributed by atoms with Crippen LogP contribution in [0.5, 0.6) is 0 Å². The molecule has 1 aromatic heterocycles. The first kappa shape index (κ1) is 17.7. The number of urea groups is 1. The molecule has 7 nitrogen and oxygen atoms in total. The minimum absolute atomic E-state index is 0.0626. The maximum atomic E-state index is 12.4. The second-order valence-electron chi connectivity index (χ2n) is 6.42. The SMILES string of the molecule is CCc1c(NC(=O)N2CCN(CCO)CC2)cnn1CC(C)C. The van der Waals surface area contributed by atoms with Gasteiger partial charge in [-0.2, -0.15) is 5.10 Å². The molecule has 7 heteroatoms. The zero-order chi connectivity index (χ0) is 16.8. The van der Waals surface area contributed by atoms with E-state index < -0.39 is 0 Å². The van der Waals surface area contributed by atoms with Crippen LogP contribution >= 0.6 is 0 Å². The number of piperazine rings is 1. The molecule has 0 saturated carbocycles. The molecule has 2 N–H and O–H groups in total. The molecule has 1 aliphatic heterocycles. The number of hydrogen-bond acceptors (Lipinski definition) is 4. The number of aliphatic hydroxyl groups is 1. The fourth-order valence-electron chi connectivity index (χ4n) is 2.90. The van der Waals surface area contributed by atoms with Crippen molar-refractivity contribution >= 4 is 11.7 Å². The largest absolute Gasteiger partial charge is 0.395 e. The van der Waals surface area contributed by atoms with Crippen LogP contribution < -0.4 is 5.32 Å². The van der Waals surface area contributed by atoms with Gasteiger partial charge in [0.15, 0.2) is 0 Å². The maximum absolute atomic E-state index is 12.4. The third-order valence-electron chi connectivity index (χ3n) is 4.14. The summed E-state index contributed by atoms with van der Waals surface area (Å²) >= 11 is 0. The summed E-state index contributed by atoms with van der Waals surface area (Å²) in [6.45, 7) is 11.1. The van der Waals surface area contributed by atoms with Crippen LogP contribution in [-0.2, 0) is 13.0 Å². The van der Waals surface area contributed by atoms with Crippen LogP contribution in [0.1, 0.15) is 26.5 Å². The van der Waals surface area contributed by atoms with Gasteiger partial charge in [-0.3, -0.25) is 9.58 Å². The van der Waals surface area contributed by atoms with E-state index in [1.807, 2.05) is 9.58 Å². The molecule has 0 bridgehead atoms. The van der Waals surface area contributed by atoms with Gasteiger partial charge in [0.1, 0.15) is 0 Å². The van der Waals surface area contributed by atoms with Gasteiger partial charge in [-0.1, -0.05) is 20.8 Å². The van der Waals surface area contributed by atoms with E-state index in [0.717, 1.165) is 37.4 Å². The van der Waals surface area contributed by atoms with Gasteiger partial charge in [-0.25, -0.2) is 4.79 Å². The van der Waals surface area contributed by atoms with Crippen LogP contribution in [0.15, 0.2) is 6.20 Å². The highest BCUT2D eigenvalue weighted by molar-refractivity contribution is 5.89. The number of nitrogens with one attached hydrogen (secondary N) is 1. The van der Waals surface area contributed by atoms with Gasteiger partial charge in [0.2, 0.25) is 0 Å². The van der Waals surface area contributed by atoms with Gasteiger partial charge in [-0.05, 0) is 12.3 Å². The van der Waals surface area contributed by atoms with Crippen LogP contribution in [0.4, 0.5) is 10.5 Å². The van der Waals surface area contributed by atoms with Gasteiger partial charge in [-0.15, -0.1) is 0 Å². The number of carbonyl (C=O) groups excluding carboxylic acids is 1.